The summed E-state index contributed by atoms with van der Waals surface area (Å²) in [5, 5.41) is 13.1. The lowest BCUT2D eigenvalue weighted by molar-refractivity contribution is -0.344. The average molecular weight is 401 g/mol. The first-order valence-corrected chi connectivity index (χ1v) is 9.43. The number of anilines is 1. The van der Waals surface area contributed by atoms with Crippen LogP contribution >= 0.6 is 0 Å². The van der Waals surface area contributed by atoms with Crippen LogP contribution in [-0.4, -0.2) is 51.3 Å². The highest BCUT2D eigenvalue weighted by Crippen LogP contribution is 2.35. The molecule has 2 aromatic rings. The van der Waals surface area contributed by atoms with Gasteiger partial charge in [-0.1, -0.05) is 18.2 Å². The Hall–Kier alpha value is -2.59. The summed E-state index contributed by atoms with van der Waals surface area (Å²) in [6.45, 7) is 3.91. The Kier molecular flexibility index (Phi) is 5.22. The van der Waals surface area contributed by atoms with Crippen LogP contribution in [0.25, 0.3) is 0 Å². The van der Waals surface area contributed by atoms with Crippen molar-refractivity contribution < 1.29 is 24.1 Å². The highest BCUT2D eigenvalue weighted by Gasteiger charge is 2.45. The van der Waals surface area contributed by atoms with Crippen LogP contribution in [-0.2, 0) is 14.2 Å². The van der Waals surface area contributed by atoms with Gasteiger partial charge in [0.1, 0.15) is 18.0 Å². The third-order valence-corrected chi connectivity index (χ3v) is 4.94. The summed E-state index contributed by atoms with van der Waals surface area (Å²) in [7, 11) is 0. The molecule has 1 aromatic carbocycles. The quantitative estimate of drug-likeness (QED) is 0.797. The standard InChI is InChI=1S/C20H23N3O6/c1-20(2)27-11-15-14(29-20)10-13(24)18(28-15)23-9-8-16(22-19(23)26)21-17(25)12-6-4-3-5-7-12/h3-9,13-15,18,24H,10-11H2,1-2H3,(H,21,22,25,26)/t13-,14-,15-,18-/m1/s1. The summed E-state index contributed by atoms with van der Waals surface area (Å²) in [5.74, 6) is -0.991. The van der Waals surface area contributed by atoms with Crippen LogP contribution in [0.3, 0.4) is 0 Å². The largest absolute Gasteiger partial charge is 0.388 e. The van der Waals surface area contributed by atoms with E-state index in [0.29, 0.717) is 18.6 Å². The second-order valence-corrected chi connectivity index (χ2v) is 7.56. The molecule has 29 heavy (non-hydrogen) atoms. The van der Waals surface area contributed by atoms with E-state index in [1.807, 2.05) is 0 Å². The van der Waals surface area contributed by atoms with Crippen molar-refractivity contribution in [2.75, 3.05) is 11.9 Å². The second-order valence-electron chi connectivity index (χ2n) is 7.56. The number of benzene rings is 1. The molecule has 4 atom stereocenters. The smallest absolute Gasteiger partial charge is 0.351 e. The normalized spacial score (nSPS) is 28.4. The minimum absolute atomic E-state index is 0.120. The maximum absolute atomic E-state index is 12.5. The molecular formula is C20H23N3O6. The molecule has 4 rings (SSSR count). The molecule has 0 bridgehead atoms. The number of nitrogens with zero attached hydrogens (tertiary/aromatic N) is 2. The Morgan fingerprint density at radius 1 is 1.24 bits per heavy atom. The van der Waals surface area contributed by atoms with Crippen LogP contribution in [0.15, 0.2) is 47.4 Å². The van der Waals surface area contributed by atoms with Gasteiger partial charge in [-0.15, -0.1) is 0 Å². The van der Waals surface area contributed by atoms with Crippen LogP contribution in [0, 0.1) is 0 Å². The van der Waals surface area contributed by atoms with Crippen molar-refractivity contribution >= 4 is 11.7 Å². The molecule has 2 aliphatic rings. The Morgan fingerprint density at radius 3 is 2.72 bits per heavy atom. The lowest BCUT2D eigenvalue weighted by Gasteiger charge is -2.46. The van der Waals surface area contributed by atoms with E-state index in [1.165, 1.54) is 16.8 Å². The van der Waals surface area contributed by atoms with Gasteiger partial charge in [0.05, 0.1) is 12.7 Å². The van der Waals surface area contributed by atoms with E-state index in [0.717, 1.165) is 0 Å². The SMILES string of the molecule is CC1(C)OC[C@H]2O[C@@H](n3ccc(NC(=O)c4ccccc4)nc3=O)[C@H](O)C[C@H]2O1. The number of aliphatic hydroxyl groups excluding tert-OH is 1. The van der Waals surface area contributed by atoms with Gasteiger partial charge in [0.2, 0.25) is 0 Å². The van der Waals surface area contributed by atoms with E-state index in [2.05, 4.69) is 10.3 Å². The van der Waals surface area contributed by atoms with Crippen molar-refractivity contribution in [3.63, 3.8) is 0 Å². The molecule has 0 radical (unpaired) electrons. The van der Waals surface area contributed by atoms with Gasteiger partial charge in [0.15, 0.2) is 12.0 Å². The van der Waals surface area contributed by atoms with Gasteiger partial charge in [0.25, 0.3) is 5.91 Å². The minimum Gasteiger partial charge on any atom is -0.388 e. The Bertz CT molecular complexity index is 945. The zero-order chi connectivity index (χ0) is 20.6. The molecule has 0 unspecified atom stereocenters. The average Bonchev–Trinajstić information content (AvgIpc) is 2.68. The van der Waals surface area contributed by atoms with E-state index >= 15 is 0 Å². The topological polar surface area (TPSA) is 112 Å². The predicted molar refractivity (Wildman–Crippen MR) is 102 cm³/mol. The van der Waals surface area contributed by atoms with Crippen molar-refractivity contribution in [2.24, 2.45) is 0 Å². The van der Waals surface area contributed by atoms with Crippen LogP contribution in [0.1, 0.15) is 36.9 Å². The van der Waals surface area contributed by atoms with E-state index < -0.39 is 29.9 Å². The first-order chi connectivity index (χ1) is 13.8. The van der Waals surface area contributed by atoms with E-state index in [1.54, 1.807) is 44.2 Å². The molecule has 0 saturated carbocycles. The summed E-state index contributed by atoms with van der Waals surface area (Å²) in [5.41, 5.74) is -0.188. The molecule has 9 nitrogen and oxygen atoms in total. The Balaban J connectivity index is 1.48. The maximum Gasteiger partial charge on any atom is 0.351 e. The summed E-state index contributed by atoms with van der Waals surface area (Å²) in [4.78, 5) is 28.6. The lowest BCUT2D eigenvalue weighted by atomic mass is 10.00. The molecule has 1 aromatic heterocycles. The Morgan fingerprint density at radius 2 is 2.00 bits per heavy atom. The van der Waals surface area contributed by atoms with Crippen molar-refractivity contribution in [1.29, 1.82) is 0 Å². The predicted octanol–water partition coefficient (Wildman–Crippen LogP) is 1.30. The number of hydrogen-bond donors (Lipinski definition) is 2. The van der Waals surface area contributed by atoms with E-state index in [-0.39, 0.29) is 17.8 Å². The van der Waals surface area contributed by atoms with Crippen LogP contribution in [0.2, 0.25) is 0 Å². The first-order valence-electron chi connectivity index (χ1n) is 9.43. The molecule has 2 N–H and O–H groups in total. The van der Waals surface area contributed by atoms with Crippen LogP contribution < -0.4 is 11.0 Å². The number of carbonyl (C=O) groups excluding carboxylic acids is 1. The molecule has 9 heteroatoms. The number of fused-ring (bicyclic) bond motifs is 1. The van der Waals surface area contributed by atoms with Gasteiger partial charge in [0, 0.05) is 18.2 Å². The molecule has 3 heterocycles. The van der Waals surface area contributed by atoms with Crippen molar-refractivity contribution in [1.82, 2.24) is 9.55 Å². The Labute approximate surface area is 167 Å². The molecule has 1 amide bonds. The highest BCUT2D eigenvalue weighted by atomic mass is 16.7. The minimum atomic E-state index is -0.950. The molecular weight excluding hydrogens is 378 g/mol. The zero-order valence-corrected chi connectivity index (χ0v) is 16.1. The van der Waals surface area contributed by atoms with Gasteiger partial charge in [-0.25, -0.2) is 4.79 Å². The highest BCUT2D eigenvalue weighted by molar-refractivity contribution is 6.03. The van der Waals surface area contributed by atoms with Crippen molar-refractivity contribution in [2.45, 2.75) is 50.6 Å². The van der Waals surface area contributed by atoms with Crippen molar-refractivity contribution in [3.8, 4) is 0 Å². The summed E-state index contributed by atoms with van der Waals surface area (Å²) in [6.07, 6.45) is -0.837. The number of aliphatic hydroxyl groups is 1. The molecule has 0 spiro atoms. The fourth-order valence-corrected chi connectivity index (χ4v) is 3.52. The van der Waals surface area contributed by atoms with Crippen molar-refractivity contribution in [3.05, 3.63) is 58.6 Å². The molecule has 2 saturated heterocycles. The fourth-order valence-electron chi connectivity index (χ4n) is 3.52. The zero-order valence-electron chi connectivity index (χ0n) is 16.1. The van der Waals surface area contributed by atoms with E-state index in [4.69, 9.17) is 14.2 Å². The molecule has 0 aliphatic carbocycles. The number of aromatic nitrogens is 2. The first kappa shape index (κ1) is 19.7. The lowest BCUT2D eigenvalue weighted by Crippen LogP contribution is -2.56. The summed E-state index contributed by atoms with van der Waals surface area (Å²) >= 11 is 0. The monoisotopic (exact) mass is 401 g/mol. The third kappa shape index (κ3) is 4.23. The molecule has 2 fully saturated rings. The number of ether oxygens (including phenoxy) is 3. The molecule has 154 valence electrons. The second kappa shape index (κ2) is 7.68. The number of amides is 1. The third-order valence-electron chi connectivity index (χ3n) is 4.94. The van der Waals surface area contributed by atoms with Gasteiger partial charge >= 0.3 is 5.69 Å². The van der Waals surface area contributed by atoms with Gasteiger partial charge in [-0.2, -0.15) is 4.98 Å². The van der Waals surface area contributed by atoms with Gasteiger partial charge in [-0.3, -0.25) is 9.36 Å². The number of nitrogens with one attached hydrogen (secondary N) is 1. The number of rotatable bonds is 3. The molecule has 2 aliphatic heterocycles. The number of hydrogen-bond acceptors (Lipinski definition) is 7. The van der Waals surface area contributed by atoms with Gasteiger partial charge < -0.3 is 24.6 Å². The summed E-state index contributed by atoms with van der Waals surface area (Å²) in [6, 6.07) is 10.1. The number of carbonyl (C=O) groups is 1. The van der Waals surface area contributed by atoms with Crippen LogP contribution in [0.4, 0.5) is 5.82 Å². The fraction of sp³-hybridized carbons (Fsp3) is 0.450. The van der Waals surface area contributed by atoms with Crippen LogP contribution in [0.5, 0.6) is 0 Å². The summed E-state index contributed by atoms with van der Waals surface area (Å²) < 4.78 is 18.5. The van der Waals surface area contributed by atoms with E-state index in [9.17, 15) is 14.7 Å². The maximum atomic E-state index is 12.5. The van der Waals surface area contributed by atoms with Gasteiger partial charge in [-0.05, 0) is 32.0 Å².